The number of nitrogens with zero attached hydrogens (tertiary/aromatic N) is 3. The molecule has 132 valence electrons. The number of benzene rings is 1. The Bertz CT molecular complexity index is 780. The molecule has 25 heavy (non-hydrogen) atoms. The first kappa shape index (κ1) is 16.1. The van der Waals surface area contributed by atoms with E-state index >= 15 is 0 Å². The minimum absolute atomic E-state index is 0.337. The Labute approximate surface area is 146 Å². The summed E-state index contributed by atoms with van der Waals surface area (Å²) >= 11 is 0. The van der Waals surface area contributed by atoms with Crippen LogP contribution >= 0.6 is 0 Å². The lowest BCUT2D eigenvalue weighted by Crippen LogP contribution is -2.51. The number of carbonyl (C=O) groups is 1. The number of alkyl halides is 1. The Hall–Kier alpha value is -2.37. The van der Waals surface area contributed by atoms with Gasteiger partial charge in [-0.1, -0.05) is 0 Å². The molecule has 0 N–H and O–H groups in total. The SMILES string of the molecule is COc1ccc(-c2cnc3n2CCN(C(=O)C2(F)CCC2)CC3)cc1. The average molecular weight is 343 g/mol. The number of methoxy groups -OCH3 is 1. The molecule has 1 saturated carbocycles. The summed E-state index contributed by atoms with van der Waals surface area (Å²) in [5.74, 6) is 1.42. The summed E-state index contributed by atoms with van der Waals surface area (Å²) in [6, 6.07) is 7.85. The maximum Gasteiger partial charge on any atom is 0.260 e. The summed E-state index contributed by atoms with van der Waals surface area (Å²) in [7, 11) is 1.64. The lowest BCUT2D eigenvalue weighted by molar-refractivity contribution is -0.149. The second kappa shape index (κ2) is 6.17. The van der Waals surface area contributed by atoms with Crippen molar-refractivity contribution in [3.05, 3.63) is 36.3 Å². The Balaban J connectivity index is 1.54. The van der Waals surface area contributed by atoms with E-state index in [9.17, 15) is 9.18 Å². The topological polar surface area (TPSA) is 47.4 Å². The molecule has 6 heteroatoms. The Kier molecular flexibility index (Phi) is 3.98. The summed E-state index contributed by atoms with van der Waals surface area (Å²) in [6.45, 7) is 1.69. The maximum atomic E-state index is 14.5. The molecule has 2 aromatic rings. The van der Waals surface area contributed by atoms with Crippen molar-refractivity contribution in [2.24, 2.45) is 0 Å². The molecule has 0 atom stereocenters. The second-order valence-electron chi connectivity index (χ2n) is 6.80. The average Bonchev–Trinajstić information content (AvgIpc) is 2.90. The molecule has 5 nitrogen and oxygen atoms in total. The van der Waals surface area contributed by atoms with Crippen LogP contribution in [0.25, 0.3) is 11.3 Å². The quantitative estimate of drug-likeness (QED) is 0.861. The van der Waals surface area contributed by atoms with E-state index in [0.29, 0.717) is 38.9 Å². The number of aromatic nitrogens is 2. The van der Waals surface area contributed by atoms with Crippen molar-refractivity contribution < 1.29 is 13.9 Å². The maximum absolute atomic E-state index is 14.5. The van der Waals surface area contributed by atoms with Gasteiger partial charge in [-0.25, -0.2) is 9.37 Å². The number of carbonyl (C=O) groups excluding carboxylic acids is 1. The number of fused-ring (bicyclic) bond motifs is 1. The highest BCUT2D eigenvalue weighted by Crippen LogP contribution is 2.37. The minimum Gasteiger partial charge on any atom is -0.497 e. The van der Waals surface area contributed by atoms with Crippen LogP contribution in [0.2, 0.25) is 0 Å². The van der Waals surface area contributed by atoms with Crippen molar-refractivity contribution in [3.63, 3.8) is 0 Å². The van der Waals surface area contributed by atoms with Crippen molar-refractivity contribution >= 4 is 5.91 Å². The van der Waals surface area contributed by atoms with Gasteiger partial charge >= 0.3 is 0 Å². The van der Waals surface area contributed by atoms with E-state index in [1.165, 1.54) is 0 Å². The van der Waals surface area contributed by atoms with Crippen LogP contribution in [-0.4, -0.2) is 46.2 Å². The number of rotatable bonds is 3. The van der Waals surface area contributed by atoms with Crippen LogP contribution in [0.3, 0.4) is 0 Å². The van der Waals surface area contributed by atoms with E-state index in [0.717, 1.165) is 29.3 Å². The third-order valence-electron chi connectivity index (χ3n) is 5.34. The smallest absolute Gasteiger partial charge is 0.260 e. The van der Waals surface area contributed by atoms with Crippen LogP contribution in [0.1, 0.15) is 25.1 Å². The van der Waals surface area contributed by atoms with Gasteiger partial charge in [0.25, 0.3) is 5.91 Å². The molecular weight excluding hydrogens is 321 g/mol. The van der Waals surface area contributed by atoms with Crippen LogP contribution in [-0.2, 0) is 17.8 Å². The van der Waals surface area contributed by atoms with E-state index in [1.54, 1.807) is 12.0 Å². The first-order chi connectivity index (χ1) is 12.1. The Morgan fingerprint density at radius 2 is 1.96 bits per heavy atom. The lowest BCUT2D eigenvalue weighted by Gasteiger charge is -2.36. The predicted molar refractivity (Wildman–Crippen MR) is 92.2 cm³/mol. The van der Waals surface area contributed by atoms with Crippen LogP contribution in [0.5, 0.6) is 5.75 Å². The first-order valence-electron chi connectivity index (χ1n) is 8.78. The zero-order chi connectivity index (χ0) is 17.4. The zero-order valence-electron chi connectivity index (χ0n) is 14.4. The van der Waals surface area contributed by atoms with E-state index < -0.39 is 5.67 Å². The molecule has 0 radical (unpaired) electrons. The summed E-state index contributed by atoms with van der Waals surface area (Å²) in [5, 5.41) is 0. The molecule has 1 aromatic heterocycles. The van der Waals surface area contributed by atoms with Crippen LogP contribution in [0.4, 0.5) is 4.39 Å². The largest absolute Gasteiger partial charge is 0.497 e. The molecule has 0 spiro atoms. The van der Waals surface area contributed by atoms with Gasteiger partial charge in [0.2, 0.25) is 0 Å². The molecule has 1 aliphatic carbocycles. The molecule has 1 amide bonds. The molecular formula is C19H22FN3O2. The molecule has 1 aliphatic heterocycles. The predicted octanol–water partition coefficient (Wildman–Crippen LogP) is 2.84. The normalized spacial score (nSPS) is 18.9. The monoisotopic (exact) mass is 343 g/mol. The summed E-state index contributed by atoms with van der Waals surface area (Å²) < 4.78 is 21.8. The third kappa shape index (κ3) is 2.79. The van der Waals surface area contributed by atoms with Gasteiger partial charge in [0.15, 0.2) is 5.67 Å². The van der Waals surface area contributed by atoms with Crippen molar-refractivity contribution in [2.45, 2.75) is 37.9 Å². The zero-order valence-corrected chi connectivity index (χ0v) is 14.4. The molecule has 0 unspecified atom stereocenters. The fourth-order valence-corrected chi connectivity index (χ4v) is 3.61. The Morgan fingerprint density at radius 1 is 1.20 bits per heavy atom. The fourth-order valence-electron chi connectivity index (χ4n) is 3.61. The number of imidazole rings is 1. The van der Waals surface area contributed by atoms with Crippen LogP contribution < -0.4 is 4.74 Å². The van der Waals surface area contributed by atoms with E-state index in [-0.39, 0.29) is 5.91 Å². The highest BCUT2D eigenvalue weighted by Gasteiger charge is 2.47. The van der Waals surface area contributed by atoms with Gasteiger partial charge in [0.05, 0.1) is 19.0 Å². The van der Waals surface area contributed by atoms with Gasteiger partial charge in [0, 0.05) is 31.6 Å². The van der Waals surface area contributed by atoms with Gasteiger partial charge in [-0.2, -0.15) is 0 Å². The van der Waals surface area contributed by atoms with Crippen molar-refractivity contribution in [1.82, 2.24) is 14.5 Å². The number of amides is 1. The number of halogens is 1. The standard InChI is InChI=1S/C19H22FN3O2/c1-25-15-5-3-14(4-6-15)16-13-21-17-7-10-22(11-12-23(16)17)18(24)19(20)8-2-9-19/h3-6,13H,2,7-12H2,1H3. The fraction of sp³-hybridized carbons (Fsp3) is 0.474. The molecule has 0 bridgehead atoms. The summed E-state index contributed by atoms with van der Waals surface area (Å²) in [5.41, 5.74) is 0.455. The highest BCUT2D eigenvalue weighted by molar-refractivity contribution is 5.86. The summed E-state index contributed by atoms with van der Waals surface area (Å²) in [4.78, 5) is 18.7. The Morgan fingerprint density at radius 3 is 2.60 bits per heavy atom. The van der Waals surface area contributed by atoms with E-state index in [4.69, 9.17) is 4.74 Å². The number of hydrogen-bond donors (Lipinski definition) is 0. The third-order valence-corrected chi connectivity index (χ3v) is 5.34. The van der Waals surface area contributed by atoms with Crippen molar-refractivity contribution in [3.8, 4) is 17.0 Å². The molecule has 2 heterocycles. The van der Waals surface area contributed by atoms with Crippen molar-refractivity contribution in [1.29, 1.82) is 0 Å². The second-order valence-corrected chi connectivity index (χ2v) is 6.80. The number of hydrogen-bond acceptors (Lipinski definition) is 3. The molecule has 4 rings (SSSR count). The van der Waals surface area contributed by atoms with Gasteiger partial charge < -0.3 is 14.2 Å². The summed E-state index contributed by atoms with van der Waals surface area (Å²) in [6.07, 6.45) is 4.06. The molecule has 1 aromatic carbocycles. The first-order valence-corrected chi connectivity index (χ1v) is 8.78. The minimum atomic E-state index is -1.62. The molecule has 0 saturated heterocycles. The molecule has 2 aliphatic rings. The molecule has 1 fully saturated rings. The van der Waals surface area contributed by atoms with Gasteiger partial charge in [0.1, 0.15) is 11.6 Å². The van der Waals surface area contributed by atoms with Crippen LogP contribution in [0.15, 0.2) is 30.5 Å². The van der Waals surface area contributed by atoms with Gasteiger partial charge in [-0.05, 0) is 43.5 Å². The van der Waals surface area contributed by atoms with Crippen molar-refractivity contribution in [2.75, 3.05) is 20.2 Å². The lowest BCUT2D eigenvalue weighted by atomic mass is 9.81. The number of ether oxygens (including phenoxy) is 1. The van der Waals surface area contributed by atoms with Gasteiger partial charge in [-0.15, -0.1) is 0 Å². The van der Waals surface area contributed by atoms with Gasteiger partial charge in [-0.3, -0.25) is 4.79 Å². The van der Waals surface area contributed by atoms with E-state index in [1.807, 2.05) is 30.5 Å². The van der Waals surface area contributed by atoms with E-state index in [2.05, 4.69) is 9.55 Å². The highest BCUT2D eigenvalue weighted by atomic mass is 19.1. The van der Waals surface area contributed by atoms with Crippen LogP contribution in [0, 0.1) is 0 Å².